The number of phenolic OH excluding ortho intramolecular Hbond substituents is 1. The smallest absolute Gasteiger partial charge is 0.313 e. The number of carbonyl (C=O) groups is 2. The molecule has 8 heteroatoms. The van der Waals surface area contributed by atoms with Crippen LogP contribution in [0.3, 0.4) is 0 Å². The molecule has 3 rings (SSSR count). The number of ether oxygens (including phenoxy) is 1. The Balaban J connectivity index is 2.22. The van der Waals surface area contributed by atoms with Crippen molar-refractivity contribution in [2.45, 2.75) is 39.5 Å². The van der Waals surface area contributed by atoms with Crippen molar-refractivity contribution in [2.24, 2.45) is 0 Å². The molecular weight excluding hydrogens is 428 g/mol. The molecule has 1 N–H and O–H groups in total. The highest BCUT2D eigenvalue weighted by Crippen LogP contribution is 2.39. The number of benzene rings is 2. The minimum Gasteiger partial charge on any atom is -0.503 e. The number of halogens is 3. The summed E-state index contributed by atoms with van der Waals surface area (Å²) < 4.78 is 35.6. The number of fused-ring (bicyclic) bond motifs is 1. The van der Waals surface area contributed by atoms with E-state index in [-0.39, 0.29) is 34.3 Å². The molecule has 0 aliphatic rings. The van der Waals surface area contributed by atoms with E-state index in [1.54, 1.807) is 0 Å². The van der Waals surface area contributed by atoms with Crippen molar-refractivity contribution in [2.75, 3.05) is 6.61 Å². The molecule has 0 spiro atoms. The molecule has 0 aliphatic carbocycles. The zero-order valence-corrected chi connectivity index (χ0v) is 18.1. The first-order valence-corrected chi connectivity index (χ1v) is 10.3. The van der Waals surface area contributed by atoms with Crippen LogP contribution in [0.5, 0.6) is 5.75 Å². The highest BCUT2D eigenvalue weighted by molar-refractivity contribution is 6.30. The number of nitrogens with zero attached hydrogens (tertiary/aromatic N) is 1. The fourth-order valence-electron chi connectivity index (χ4n) is 3.58. The van der Waals surface area contributed by atoms with Crippen molar-refractivity contribution in [1.29, 1.82) is 0 Å². The van der Waals surface area contributed by atoms with Crippen molar-refractivity contribution >= 4 is 34.4 Å². The number of phenols is 1. The average Bonchev–Trinajstić information content (AvgIpc) is 3.03. The van der Waals surface area contributed by atoms with Crippen LogP contribution in [0.2, 0.25) is 5.02 Å². The van der Waals surface area contributed by atoms with Gasteiger partial charge in [-0.25, -0.2) is 8.78 Å². The fourth-order valence-corrected chi connectivity index (χ4v) is 3.71. The Morgan fingerprint density at radius 2 is 1.87 bits per heavy atom. The minimum atomic E-state index is -1.23. The standard InChI is InChI=1S/C23H22ClF2NO4/c1-4-5-10-31-23(30)12(2)18-13(3)27(22(29)14-6-8-15(24)9-7-14)17-11-16(25)21(28)20(26)19(17)18/h6-9,11-12,28H,4-5,10H2,1-3H3/t12-/m1/s1. The summed E-state index contributed by atoms with van der Waals surface area (Å²) in [7, 11) is 0. The molecule has 31 heavy (non-hydrogen) atoms. The highest BCUT2D eigenvalue weighted by Gasteiger charge is 2.31. The molecule has 1 heterocycles. The first-order chi connectivity index (χ1) is 14.7. The van der Waals surface area contributed by atoms with E-state index in [9.17, 15) is 23.5 Å². The number of rotatable bonds is 6. The van der Waals surface area contributed by atoms with Crippen LogP contribution in [0.15, 0.2) is 30.3 Å². The van der Waals surface area contributed by atoms with Crippen LogP contribution >= 0.6 is 11.6 Å². The Morgan fingerprint density at radius 3 is 2.48 bits per heavy atom. The summed E-state index contributed by atoms with van der Waals surface area (Å²) in [5.41, 5.74) is 0.557. The molecule has 3 aromatic rings. The predicted octanol–water partition coefficient (Wildman–Crippen LogP) is 5.72. The van der Waals surface area contributed by atoms with Crippen LogP contribution in [-0.4, -0.2) is 28.2 Å². The van der Waals surface area contributed by atoms with Crippen LogP contribution in [-0.2, 0) is 9.53 Å². The number of esters is 1. The largest absolute Gasteiger partial charge is 0.503 e. The van der Waals surface area contributed by atoms with Crippen LogP contribution in [0, 0.1) is 18.6 Å². The van der Waals surface area contributed by atoms with Gasteiger partial charge in [-0.1, -0.05) is 24.9 Å². The van der Waals surface area contributed by atoms with Gasteiger partial charge in [0.2, 0.25) is 0 Å². The van der Waals surface area contributed by atoms with Gasteiger partial charge in [-0.3, -0.25) is 14.2 Å². The van der Waals surface area contributed by atoms with E-state index in [1.165, 1.54) is 38.1 Å². The van der Waals surface area contributed by atoms with Crippen molar-refractivity contribution in [3.8, 4) is 5.75 Å². The Labute approximate surface area is 183 Å². The maximum Gasteiger partial charge on any atom is 0.313 e. The molecule has 1 aromatic heterocycles. The van der Waals surface area contributed by atoms with E-state index in [0.717, 1.165) is 17.1 Å². The molecule has 164 valence electrons. The monoisotopic (exact) mass is 449 g/mol. The van der Waals surface area contributed by atoms with Crippen LogP contribution < -0.4 is 0 Å². The third kappa shape index (κ3) is 4.14. The van der Waals surface area contributed by atoms with Crippen molar-refractivity contribution in [1.82, 2.24) is 4.57 Å². The van der Waals surface area contributed by atoms with Gasteiger partial charge in [-0.15, -0.1) is 0 Å². The quantitative estimate of drug-likeness (QED) is 0.386. The summed E-state index contributed by atoms with van der Waals surface area (Å²) in [6, 6.07) is 6.92. The van der Waals surface area contributed by atoms with Crippen molar-refractivity contribution in [3.05, 3.63) is 63.8 Å². The number of hydrogen-bond acceptors (Lipinski definition) is 4. The molecule has 0 amide bonds. The fraction of sp³-hybridized carbons (Fsp3) is 0.304. The van der Waals surface area contributed by atoms with E-state index < -0.39 is 35.2 Å². The van der Waals surface area contributed by atoms with Gasteiger partial charge in [0, 0.05) is 27.7 Å². The SMILES string of the molecule is CCCCOC(=O)[C@H](C)c1c(C)n(C(=O)c2ccc(Cl)cc2)c2cc(F)c(O)c(F)c12. The van der Waals surface area contributed by atoms with E-state index in [0.29, 0.717) is 11.4 Å². The third-order valence-corrected chi connectivity index (χ3v) is 5.48. The van der Waals surface area contributed by atoms with Gasteiger partial charge in [-0.05, 0) is 50.1 Å². The zero-order chi connectivity index (χ0) is 22.9. The van der Waals surface area contributed by atoms with Crippen molar-refractivity contribution < 1.29 is 28.2 Å². The van der Waals surface area contributed by atoms with Crippen LogP contribution in [0.25, 0.3) is 10.9 Å². The Bertz CT molecular complexity index is 1160. The van der Waals surface area contributed by atoms with Gasteiger partial charge in [0.05, 0.1) is 18.0 Å². The molecular formula is C23H22ClF2NO4. The number of aromatic nitrogens is 1. The lowest BCUT2D eigenvalue weighted by Crippen LogP contribution is -2.17. The van der Waals surface area contributed by atoms with Crippen LogP contribution in [0.4, 0.5) is 8.78 Å². The minimum absolute atomic E-state index is 0.0894. The lowest BCUT2D eigenvalue weighted by Gasteiger charge is -2.13. The lowest BCUT2D eigenvalue weighted by molar-refractivity contribution is -0.145. The summed E-state index contributed by atoms with van der Waals surface area (Å²) in [4.78, 5) is 25.8. The summed E-state index contributed by atoms with van der Waals surface area (Å²) in [6.07, 6.45) is 1.51. The van der Waals surface area contributed by atoms with Gasteiger partial charge in [0.15, 0.2) is 17.4 Å². The number of unbranched alkanes of at least 4 members (excludes halogenated alkanes) is 1. The maximum atomic E-state index is 15.0. The number of hydrogen-bond donors (Lipinski definition) is 1. The molecule has 0 radical (unpaired) electrons. The summed E-state index contributed by atoms with van der Waals surface area (Å²) in [5, 5.41) is 10.1. The summed E-state index contributed by atoms with van der Waals surface area (Å²) >= 11 is 5.88. The highest BCUT2D eigenvalue weighted by atomic mass is 35.5. The Kier molecular flexibility index (Phi) is 6.65. The average molecular weight is 450 g/mol. The molecule has 1 atom stereocenters. The first kappa shape index (κ1) is 22.7. The van der Waals surface area contributed by atoms with Gasteiger partial charge in [0.1, 0.15) is 0 Å². The van der Waals surface area contributed by atoms with E-state index in [1.807, 2.05) is 6.92 Å². The molecule has 0 saturated heterocycles. The number of aromatic hydroxyl groups is 1. The molecule has 2 aromatic carbocycles. The van der Waals surface area contributed by atoms with Gasteiger partial charge >= 0.3 is 5.97 Å². The van der Waals surface area contributed by atoms with E-state index in [4.69, 9.17) is 16.3 Å². The van der Waals surface area contributed by atoms with Crippen molar-refractivity contribution in [3.63, 3.8) is 0 Å². The predicted molar refractivity (Wildman–Crippen MR) is 114 cm³/mol. The van der Waals surface area contributed by atoms with Crippen LogP contribution in [0.1, 0.15) is 54.2 Å². The second kappa shape index (κ2) is 9.06. The Hall–Kier alpha value is -2.93. The zero-order valence-electron chi connectivity index (χ0n) is 17.3. The molecule has 0 fully saturated rings. The normalized spacial score (nSPS) is 12.2. The third-order valence-electron chi connectivity index (χ3n) is 5.23. The second-order valence-electron chi connectivity index (χ2n) is 7.30. The molecule has 0 unspecified atom stereocenters. The molecule has 0 aliphatic heterocycles. The molecule has 5 nitrogen and oxygen atoms in total. The summed E-state index contributed by atoms with van der Waals surface area (Å²) in [5.74, 6) is -5.71. The van der Waals surface area contributed by atoms with Gasteiger partial charge in [0.25, 0.3) is 5.91 Å². The molecule has 0 bridgehead atoms. The van der Waals surface area contributed by atoms with E-state index in [2.05, 4.69) is 0 Å². The topological polar surface area (TPSA) is 68.5 Å². The lowest BCUT2D eigenvalue weighted by atomic mass is 9.97. The first-order valence-electron chi connectivity index (χ1n) is 9.87. The maximum absolute atomic E-state index is 15.0. The summed E-state index contributed by atoms with van der Waals surface area (Å²) in [6.45, 7) is 5.22. The molecule has 0 saturated carbocycles. The number of carbonyl (C=O) groups excluding carboxylic acids is 2. The van der Waals surface area contributed by atoms with E-state index >= 15 is 0 Å². The second-order valence-corrected chi connectivity index (χ2v) is 7.74. The van der Waals surface area contributed by atoms with Gasteiger partial charge < -0.3 is 9.84 Å². The Morgan fingerprint density at radius 1 is 1.23 bits per heavy atom. The van der Waals surface area contributed by atoms with Gasteiger partial charge in [-0.2, -0.15) is 0 Å².